The van der Waals surface area contributed by atoms with Gasteiger partial charge in [0.15, 0.2) is 8.07 Å². The van der Waals surface area contributed by atoms with Gasteiger partial charge in [0.25, 0.3) is 6.33 Å². The van der Waals surface area contributed by atoms with Crippen molar-refractivity contribution in [3.05, 3.63) is 309 Å². The molecule has 0 radical (unpaired) electrons. The highest BCUT2D eigenvalue weighted by Gasteiger charge is 2.43. The number of ether oxygens (including phenoxy) is 1. The Kier molecular flexibility index (Phi) is 10.2. The van der Waals surface area contributed by atoms with Crippen molar-refractivity contribution in [3.8, 4) is 62.1 Å². The van der Waals surface area contributed by atoms with E-state index >= 15 is 0 Å². The first-order valence-electron chi connectivity index (χ1n) is 32.3. The SMILES string of the molecule is [2H]c1c([2H])c([2H])c(-c2cccc(-c3c([2H])c([2H])c([2H])c([2H])c3[2H])c2-[n+]2[c-]n(-c3cccc(Oc4ccc5c6cc(-c7ccccc7[Si](c7ccccc7)(c7ccccc7)c7ccccc7)ccc6n(-c6cc(C(C)(C)C)ccn6)c5c4)c3)c3ccccc32)c([2H])c1[2H]. The molecule has 0 atom stereocenters. The second-order valence-corrected chi connectivity index (χ2v) is 25.1. The minimum Gasteiger partial charge on any atom is -0.458 e. The lowest BCUT2D eigenvalue weighted by Crippen LogP contribution is -2.75. The quantitative estimate of drug-likeness (QED) is 0.0529. The Bertz CT molecular complexity index is 5020. The number of hydrogen-bond acceptors (Lipinski definition) is 2. The third kappa shape index (κ3) is 8.81. The maximum atomic E-state index is 9.13. The van der Waals surface area contributed by atoms with E-state index in [1.54, 1.807) is 22.8 Å². The zero-order valence-electron chi connectivity index (χ0n) is 55.2. The second kappa shape index (κ2) is 20.8. The molecule has 0 unspecified atom stereocenters. The van der Waals surface area contributed by atoms with Crippen molar-refractivity contribution in [2.75, 3.05) is 0 Å². The van der Waals surface area contributed by atoms with Crippen molar-refractivity contribution in [2.24, 2.45) is 0 Å². The number of fused-ring (bicyclic) bond motifs is 4. The van der Waals surface area contributed by atoms with Gasteiger partial charge in [-0.3, -0.25) is 13.7 Å². The maximum absolute atomic E-state index is 9.13. The molecule has 11 aromatic carbocycles. The van der Waals surface area contributed by atoms with Crippen molar-refractivity contribution in [2.45, 2.75) is 26.2 Å². The second-order valence-electron chi connectivity index (χ2n) is 21.4. The Morgan fingerprint density at radius 2 is 1.06 bits per heavy atom. The average Bonchev–Trinajstić information content (AvgIpc) is 1.14. The van der Waals surface area contributed by atoms with Crippen LogP contribution in [0.25, 0.3) is 83.4 Å². The molecule has 5 nitrogen and oxygen atoms in total. The predicted molar refractivity (Wildman–Crippen MR) is 341 cm³/mol. The van der Waals surface area contributed by atoms with Gasteiger partial charge in [-0.2, -0.15) is 0 Å². The highest BCUT2D eigenvalue weighted by molar-refractivity contribution is 7.20. The zero-order chi connectivity index (χ0) is 63.9. The molecule has 0 amide bonds. The summed E-state index contributed by atoms with van der Waals surface area (Å²) in [6.45, 7) is 6.60. The minimum absolute atomic E-state index is 0.137. The van der Waals surface area contributed by atoms with Crippen molar-refractivity contribution < 1.29 is 23.0 Å². The summed E-state index contributed by atoms with van der Waals surface area (Å²) < 4.78 is 101. The number of pyridine rings is 1. The van der Waals surface area contributed by atoms with Crippen LogP contribution in [0.4, 0.5) is 0 Å². The van der Waals surface area contributed by atoms with Crippen molar-refractivity contribution >= 4 is 61.7 Å². The average molecular weight is 1080 g/mol. The van der Waals surface area contributed by atoms with E-state index in [0.717, 1.165) is 44.3 Å². The Morgan fingerprint density at radius 1 is 0.476 bits per heavy atom. The summed E-state index contributed by atoms with van der Waals surface area (Å²) in [4.78, 5) is 5.05. The monoisotopic (exact) mass is 1080 g/mol. The van der Waals surface area contributed by atoms with Gasteiger partial charge in [-0.25, -0.2) is 4.98 Å². The molecule has 0 saturated carbocycles. The summed E-state index contributed by atoms with van der Waals surface area (Å²) in [5, 5.41) is 7.19. The van der Waals surface area contributed by atoms with E-state index in [-0.39, 0.29) is 33.4 Å². The molecule has 0 aliphatic carbocycles. The van der Waals surface area contributed by atoms with Gasteiger partial charge < -0.3 is 4.74 Å². The number of aromatic nitrogens is 4. The van der Waals surface area contributed by atoms with Gasteiger partial charge in [0.1, 0.15) is 17.3 Å². The molecule has 6 heteroatoms. The van der Waals surface area contributed by atoms with Crippen molar-refractivity contribution in [1.29, 1.82) is 0 Å². The van der Waals surface area contributed by atoms with E-state index < -0.39 is 68.5 Å². The highest BCUT2D eigenvalue weighted by Crippen LogP contribution is 2.39. The van der Waals surface area contributed by atoms with Gasteiger partial charge in [-0.1, -0.05) is 251 Å². The lowest BCUT2D eigenvalue weighted by molar-refractivity contribution is -0.571. The smallest absolute Gasteiger partial charge is 0.269 e. The van der Waals surface area contributed by atoms with E-state index in [0.29, 0.717) is 28.2 Å². The van der Waals surface area contributed by atoms with Crippen LogP contribution in [0.3, 0.4) is 0 Å². The third-order valence-electron chi connectivity index (χ3n) is 15.5. The van der Waals surface area contributed by atoms with Crippen LogP contribution in [-0.4, -0.2) is 22.2 Å². The molecule has 392 valence electrons. The molecule has 0 spiro atoms. The number of hydrogen-bond donors (Lipinski definition) is 0. The molecule has 14 aromatic rings. The minimum atomic E-state index is -2.96. The molecule has 3 heterocycles. The van der Waals surface area contributed by atoms with E-state index in [4.69, 9.17) is 23.4 Å². The summed E-state index contributed by atoms with van der Waals surface area (Å²) in [5.41, 5.74) is 7.07. The first-order valence-corrected chi connectivity index (χ1v) is 29.3. The normalized spacial score (nSPS) is 13.5. The van der Waals surface area contributed by atoms with Crippen LogP contribution in [0.5, 0.6) is 11.5 Å². The van der Waals surface area contributed by atoms with Gasteiger partial charge >= 0.3 is 0 Å². The maximum Gasteiger partial charge on any atom is 0.269 e. The molecule has 3 aromatic heterocycles. The molecular formula is C76H58N4OSi. The van der Waals surface area contributed by atoms with Crippen molar-refractivity contribution in [1.82, 2.24) is 14.1 Å². The molecule has 0 N–H and O–H groups in total. The third-order valence-corrected chi connectivity index (χ3v) is 20.4. The van der Waals surface area contributed by atoms with Crippen LogP contribution in [0, 0.1) is 6.33 Å². The largest absolute Gasteiger partial charge is 0.458 e. The summed E-state index contributed by atoms with van der Waals surface area (Å²) in [7, 11) is -2.96. The fraction of sp³-hybridized carbons (Fsp3) is 0.0526. The first kappa shape index (κ1) is 40.1. The number of nitrogens with zero attached hydrogens (tertiary/aromatic N) is 4. The van der Waals surface area contributed by atoms with Crippen LogP contribution < -0.4 is 30.1 Å². The van der Waals surface area contributed by atoms with E-state index in [1.807, 2.05) is 65.4 Å². The predicted octanol–water partition coefficient (Wildman–Crippen LogP) is 15.7. The summed E-state index contributed by atoms with van der Waals surface area (Å²) >= 11 is 0. The van der Waals surface area contributed by atoms with E-state index in [9.17, 15) is 0 Å². The molecular weight excluding hydrogens is 1010 g/mol. The van der Waals surface area contributed by atoms with E-state index in [1.165, 1.54) is 20.7 Å². The number of para-hydroxylation sites is 3. The molecule has 82 heavy (non-hydrogen) atoms. The van der Waals surface area contributed by atoms with Crippen LogP contribution in [-0.2, 0) is 5.41 Å². The van der Waals surface area contributed by atoms with Gasteiger partial charge in [-0.15, -0.1) is 0 Å². The van der Waals surface area contributed by atoms with Crippen LogP contribution in [0.1, 0.15) is 40.0 Å². The van der Waals surface area contributed by atoms with Gasteiger partial charge in [-0.05, 0) is 120 Å². The fourth-order valence-electron chi connectivity index (χ4n) is 11.8. The molecule has 0 fully saturated rings. The Morgan fingerprint density at radius 3 is 1.72 bits per heavy atom. The number of imidazole rings is 1. The zero-order valence-corrected chi connectivity index (χ0v) is 46.2. The number of rotatable bonds is 12. The van der Waals surface area contributed by atoms with E-state index in [2.05, 4.69) is 189 Å². The van der Waals surface area contributed by atoms with Crippen LogP contribution >= 0.6 is 0 Å². The number of benzene rings is 11. The van der Waals surface area contributed by atoms with Crippen LogP contribution in [0.2, 0.25) is 0 Å². The summed E-state index contributed by atoms with van der Waals surface area (Å²) in [5.74, 6) is 1.82. The molecule has 14 rings (SSSR count). The Balaban J connectivity index is 0.921. The van der Waals surface area contributed by atoms with Gasteiger partial charge in [0, 0.05) is 23.0 Å². The fourth-order valence-corrected chi connectivity index (χ4v) is 16.8. The first-order chi connectivity index (χ1) is 44.4. The van der Waals surface area contributed by atoms with Gasteiger partial charge in [0.2, 0.25) is 0 Å². The Hall–Kier alpha value is -10.1. The lowest BCUT2D eigenvalue weighted by Gasteiger charge is -2.36. The van der Waals surface area contributed by atoms with Gasteiger partial charge in [0.05, 0.1) is 47.1 Å². The molecule has 0 saturated heterocycles. The van der Waals surface area contributed by atoms with Crippen LogP contribution in [0.15, 0.2) is 297 Å². The lowest BCUT2D eigenvalue weighted by atomic mass is 9.88. The highest BCUT2D eigenvalue weighted by atomic mass is 28.3. The summed E-state index contributed by atoms with van der Waals surface area (Å²) in [6, 6.07) is 73.5. The summed E-state index contributed by atoms with van der Waals surface area (Å²) in [6.07, 6.45) is 5.36. The Labute approximate surface area is 494 Å². The molecule has 0 bridgehead atoms. The topological polar surface area (TPSA) is 35.9 Å². The van der Waals surface area contributed by atoms with Crippen molar-refractivity contribution in [3.63, 3.8) is 0 Å². The molecule has 0 aliphatic heterocycles. The molecule has 0 aliphatic rings. The standard InChI is InChI=1S/C76H58N4OSi/c1-76(2,3)57-47-48-77-74(50-57)80-69-46-43-56(64-37-19-22-42-73(64)82(61-31-13-6-14-32-61,62-33-15-7-16-34-62)63-35-17-8-18-36-63)49-68(69)67-45-44-60(52-72(67)80)81-59-30-23-29-58(51-59)78-53-79(71-41-21-20-40-70(71)78)75-65(54-25-9-4-10-26-54)38-24-39-66(75)55-27-11-5-12-28-55/h4-52H,1-3H3/i4D,5D,9D,10D,11D,12D,25D,26D,27D,28D.